The van der Waals surface area contributed by atoms with Crippen LogP contribution in [0.25, 0.3) is 0 Å². The zero-order chi connectivity index (χ0) is 13.9. The lowest BCUT2D eigenvalue weighted by Gasteiger charge is -2.12. The number of rotatable bonds is 5. The van der Waals surface area contributed by atoms with Crippen LogP contribution in [0.3, 0.4) is 0 Å². The van der Waals surface area contributed by atoms with Gasteiger partial charge in [0.05, 0.1) is 22.6 Å². The van der Waals surface area contributed by atoms with Gasteiger partial charge in [-0.3, -0.25) is 0 Å². The molecule has 0 amide bonds. The van der Waals surface area contributed by atoms with E-state index >= 15 is 0 Å². The Morgan fingerprint density at radius 3 is 2.47 bits per heavy atom. The summed E-state index contributed by atoms with van der Waals surface area (Å²) in [6, 6.07) is 6.70. The Balaban J connectivity index is 2.07. The SMILES string of the molecule is CN(C)S(=O)(=O)c1ccc(NCc2cscn2)cc1. The molecular formula is C12H15N3O2S2. The molecule has 0 aliphatic rings. The monoisotopic (exact) mass is 297 g/mol. The van der Waals surface area contributed by atoms with Gasteiger partial charge in [-0.15, -0.1) is 11.3 Å². The number of nitrogens with one attached hydrogen (secondary N) is 1. The maximum atomic E-state index is 11.9. The summed E-state index contributed by atoms with van der Waals surface area (Å²) < 4.78 is 25.0. The minimum Gasteiger partial charge on any atom is -0.379 e. The number of anilines is 1. The highest BCUT2D eigenvalue weighted by Gasteiger charge is 2.16. The number of aromatic nitrogens is 1. The van der Waals surface area contributed by atoms with Gasteiger partial charge in [0, 0.05) is 25.2 Å². The summed E-state index contributed by atoms with van der Waals surface area (Å²) in [6.45, 7) is 0.628. The first-order chi connectivity index (χ1) is 9.00. The van der Waals surface area contributed by atoms with Gasteiger partial charge in [0.25, 0.3) is 0 Å². The summed E-state index contributed by atoms with van der Waals surface area (Å²) in [5.74, 6) is 0. The molecular weight excluding hydrogens is 282 g/mol. The molecule has 1 aromatic heterocycles. The average molecular weight is 297 g/mol. The van der Waals surface area contributed by atoms with Gasteiger partial charge in [-0.05, 0) is 24.3 Å². The van der Waals surface area contributed by atoms with E-state index in [9.17, 15) is 8.42 Å². The lowest BCUT2D eigenvalue weighted by atomic mass is 10.3. The fourth-order valence-electron chi connectivity index (χ4n) is 1.47. The second kappa shape index (κ2) is 5.68. The Morgan fingerprint density at radius 2 is 1.95 bits per heavy atom. The minimum absolute atomic E-state index is 0.289. The van der Waals surface area contributed by atoms with Crippen molar-refractivity contribution < 1.29 is 8.42 Å². The highest BCUT2D eigenvalue weighted by molar-refractivity contribution is 7.89. The maximum Gasteiger partial charge on any atom is 0.242 e. The molecule has 0 bridgehead atoms. The first kappa shape index (κ1) is 14.0. The molecule has 0 atom stereocenters. The number of benzene rings is 1. The Bertz CT molecular complexity index is 620. The van der Waals surface area contributed by atoms with E-state index in [2.05, 4.69) is 10.3 Å². The first-order valence-electron chi connectivity index (χ1n) is 5.63. The molecule has 1 N–H and O–H groups in total. The van der Waals surface area contributed by atoms with E-state index in [4.69, 9.17) is 0 Å². The average Bonchev–Trinajstić information content (AvgIpc) is 2.90. The molecule has 0 spiro atoms. The molecule has 19 heavy (non-hydrogen) atoms. The molecule has 0 fully saturated rings. The zero-order valence-electron chi connectivity index (χ0n) is 10.7. The predicted molar refractivity (Wildman–Crippen MR) is 76.8 cm³/mol. The Morgan fingerprint density at radius 1 is 1.26 bits per heavy atom. The normalized spacial score (nSPS) is 11.7. The number of nitrogens with zero attached hydrogens (tertiary/aromatic N) is 2. The van der Waals surface area contributed by atoms with Crippen molar-refractivity contribution in [2.24, 2.45) is 0 Å². The number of sulfonamides is 1. The Kier molecular flexibility index (Phi) is 4.18. The van der Waals surface area contributed by atoms with Crippen molar-refractivity contribution >= 4 is 27.0 Å². The van der Waals surface area contributed by atoms with E-state index in [1.165, 1.54) is 18.4 Å². The summed E-state index contributed by atoms with van der Waals surface area (Å²) in [4.78, 5) is 4.45. The lowest BCUT2D eigenvalue weighted by molar-refractivity contribution is 0.521. The smallest absolute Gasteiger partial charge is 0.242 e. The van der Waals surface area contributed by atoms with E-state index in [0.29, 0.717) is 6.54 Å². The Hall–Kier alpha value is -1.44. The second-order valence-electron chi connectivity index (χ2n) is 4.15. The molecule has 0 saturated carbocycles. The third kappa shape index (κ3) is 3.31. The minimum atomic E-state index is -3.36. The number of hydrogen-bond acceptors (Lipinski definition) is 5. The number of hydrogen-bond donors (Lipinski definition) is 1. The summed E-state index contributed by atoms with van der Waals surface area (Å²) in [7, 11) is -0.322. The molecule has 0 saturated heterocycles. The lowest BCUT2D eigenvalue weighted by Crippen LogP contribution is -2.22. The maximum absolute atomic E-state index is 11.9. The van der Waals surface area contributed by atoms with Crippen LogP contribution >= 0.6 is 11.3 Å². The van der Waals surface area contributed by atoms with E-state index < -0.39 is 10.0 Å². The molecule has 1 heterocycles. The summed E-state index contributed by atoms with van der Waals surface area (Å²) in [6.07, 6.45) is 0. The fraction of sp³-hybridized carbons (Fsp3) is 0.250. The van der Waals surface area contributed by atoms with Gasteiger partial charge in [0.2, 0.25) is 10.0 Å². The molecule has 5 nitrogen and oxygen atoms in total. The van der Waals surface area contributed by atoms with Gasteiger partial charge < -0.3 is 5.32 Å². The van der Waals surface area contributed by atoms with Crippen LogP contribution in [0.2, 0.25) is 0 Å². The van der Waals surface area contributed by atoms with E-state index in [1.807, 2.05) is 5.38 Å². The van der Waals surface area contributed by atoms with Crippen LogP contribution in [-0.2, 0) is 16.6 Å². The topological polar surface area (TPSA) is 62.3 Å². The zero-order valence-corrected chi connectivity index (χ0v) is 12.3. The molecule has 0 aliphatic carbocycles. The predicted octanol–water partition coefficient (Wildman–Crippen LogP) is 2.01. The highest BCUT2D eigenvalue weighted by Crippen LogP contribution is 2.17. The van der Waals surface area contributed by atoms with E-state index in [1.54, 1.807) is 41.1 Å². The van der Waals surface area contributed by atoms with Crippen molar-refractivity contribution in [3.8, 4) is 0 Å². The summed E-state index contributed by atoms with van der Waals surface area (Å²) in [5.41, 5.74) is 3.62. The van der Waals surface area contributed by atoms with Crippen LogP contribution in [0.4, 0.5) is 5.69 Å². The molecule has 102 valence electrons. The van der Waals surface area contributed by atoms with Crippen molar-refractivity contribution in [1.82, 2.24) is 9.29 Å². The quantitative estimate of drug-likeness (QED) is 0.917. The number of thiazole rings is 1. The van der Waals surface area contributed by atoms with Crippen LogP contribution < -0.4 is 5.32 Å². The Labute approximate surface area is 117 Å². The van der Waals surface area contributed by atoms with Crippen LogP contribution in [0.15, 0.2) is 40.1 Å². The standard InChI is InChI=1S/C12H15N3O2S2/c1-15(2)19(16,17)12-5-3-10(4-6-12)13-7-11-8-18-9-14-11/h3-6,8-9,13H,7H2,1-2H3. The van der Waals surface area contributed by atoms with E-state index in [-0.39, 0.29) is 4.90 Å². The van der Waals surface area contributed by atoms with Crippen LogP contribution in [0.1, 0.15) is 5.69 Å². The fourth-order valence-corrected chi connectivity index (χ4v) is 2.93. The van der Waals surface area contributed by atoms with Gasteiger partial charge in [0.1, 0.15) is 0 Å². The third-order valence-corrected chi connectivity index (χ3v) is 5.05. The second-order valence-corrected chi connectivity index (χ2v) is 7.02. The molecule has 0 radical (unpaired) electrons. The van der Waals surface area contributed by atoms with Gasteiger partial charge in [-0.25, -0.2) is 17.7 Å². The molecule has 0 unspecified atom stereocenters. The van der Waals surface area contributed by atoms with Crippen molar-refractivity contribution in [2.45, 2.75) is 11.4 Å². The largest absolute Gasteiger partial charge is 0.379 e. The summed E-state index contributed by atoms with van der Waals surface area (Å²) >= 11 is 1.55. The molecule has 2 rings (SSSR count). The van der Waals surface area contributed by atoms with Crippen LogP contribution in [0, 0.1) is 0 Å². The summed E-state index contributed by atoms with van der Waals surface area (Å²) in [5, 5.41) is 5.16. The van der Waals surface area contributed by atoms with Gasteiger partial charge in [0.15, 0.2) is 0 Å². The van der Waals surface area contributed by atoms with Crippen molar-refractivity contribution in [3.63, 3.8) is 0 Å². The molecule has 0 aliphatic heterocycles. The highest BCUT2D eigenvalue weighted by atomic mass is 32.2. The van der Waals surface area contributed by atoms with Crippen molar-refractivity contribution in [2.75, 3.05) is 19.4 Å². The molecule has 7 heteroatoms. The molecule has 1 aromatic carbocycles. The van der Waals surface area contributed by atoms with Crippen molar-refractivity contribution in [3.05, 3.63) is 40.8 Å². The van der Waals surface area contributed by atoms with Gasteiger partial charge >= 0.3 is 0 Å². The van der Waals surface area contributed by atoms with Crippen LogP contribution in [0.5, 0.6) is 0 Å². The third-order valence-electron chi connectivity index (χ3n) is 2.59. The van der Waals surface area contributed by atoms with Crippen LogP contribution in [-0.4, -0.2) is 31.8 Å². The van der Waals surface area contributed by atoms with E-state index in [0.717, 1.165) is 11.4 Å². The first-order valence-corrected chi connectivity index (χ1v) is 8.02. The van der Waals surface area contributed by atoms with Gasteiger partial charge in [-0.1, -0.05) is 0 Å². The molecule has 2 aromatic rings. The van der Waals surface area contributed by atoms with Gasteiger partial charge in [-0.2, -0.15) is 0 Å². The van der Waals surface area contributed by atoms with Crippen molar-refractivity contribution in [1.29, 1.82) is 0 Å².